The number of hydrogen-bond acceptors (Lipinski definition) is 6. The van der Waals surface area contributed by atoms with Crippen LogP contribution in [0.5, 0.6) is 0 Å². The monoisotopic (exact) mass is 269 g/mol. The number of likely N-dealkylation sites (N-methyl/N-ethyl adjacent to an activating group) is 1. The smallest absolute Gasteiger partial charge is 0.174 e. The molecule has 4 nitrogen and oxygen atoms in total. The number of carbonyl (C=O) groups is 1. The third kappa shape index (κ3) is 5.25. The second-order valence-electron chi connectivity index (χ2n) is 3.14. The standard InChI is InChI=1S/C11H15N3OS2/c1-13-9(10(15)5-6-12)8-16-17-11-4-2-3-7-14-11/h2-7,9,13H,8,12H2,1H3. The van der Waals surface area contributed by atoms with Gasteiger partial charge in [0.25, 0.3) is 0 Å². The molecule has 0 aromatic carbocycles. The fourth-order valence-corrected chi connectivity index (χ4v) is 3.24. The minimum atomic E-state index is -0.212. The van der Waals surface area contributed by atoms with Crippen LogP contribution < -0.4 is 11.1 Å². The second-order valence-corrected chi connectivity index (χ2v) is 5.50. The van der Waals surface area contributed by atoms with Crippen molar-refractivity contribution >= 4 is 27.4 Å². The first kappa shape index (κ1) is 14.1. The number of rotatable bonds is 7. The quantitative estimate of drug-likeness (QED) is 0.577. The molecule has 1 heterocycles. The summed E-state index contributed by atoms with van der Waals surface area (Å²) in [5.41, 5.74) is 5.19. The van der Waals surface area contributed by atoms with Crippen molar-refractivity contribution in [3.63, 3.8) is 0 Å². The van der Waals surface area contributed by atoms with E-state index in [1.165, 1.54) is 12.3 Å². The van der Waals surface area contributed by atoms with Crippen LogP contribution in [0.2, 0.25) is 0 Å². The number of hydrogen-bond donors (Lipinski definition) is 2. The van der Waals surface area contributed by atoms with Gasteiger partial charge in [0.05, 0.1) is 6.04 Å². The van der Waals surface area contributed by atoms with Crippen LogP contribution in [0, 0.1) is 0 Å². The molecule has 0 bridgehead atoms. The van der Waals surface area contributed by atoms with Gasteiger partial charge in [-0.2, -0.15) is 0 Å². The van der Waals surface area contributed by atoms with Crippen LogP contribution in [0.4, 0.5) is 0 Å². The van der Waals surface area contributed by atoms with Crippen molar-refractivity contribution < 1.29 is 4.79 Å². The van der Waals surface area contributed by atoms with E-state index in [0.29, 0.717) is 5.75 Å². The van der Waals surface area contributed by atoms with Crippen molar-refractivity contribution in [3.05, 3.63) is 36.7 Å². The molecular formula is C11H15N3OS2. The van der Waals surface area contributed by atoms with Crippen molar-refractivity contribution in [3.8, 4) is 0 Å². The van der Waals surface area contributed by atoms with E-state index in [0.717, 1.165) is 5.03 Å². The lowest BCUT2D eigenvalue weighted by molar-refractivity contribution is -0.115. The Balaban J connectivity index is 2.36. The molecule has 0 amide bonds. The number of nitrogens with one attached hydrogen (secondary N) is 1. The van der Waals surface area contributed by atoms with Gasteiger partial charge >= 0.3 is 0 Å². The molecule has 6 heteroatoms. The molecule has 1 aromatic heterocycles. The maximum atomic E-state index is 11.5. The Hall–Kier alpha value is -0.980. The Morgan fingerprint density at radius 3 is 3.06 bits per heavy atom. The topological polar surface area (TPSA) is 68.0 Å². The largest absolute Gasteiger partial charge is 0.404 e. The zero-order valence-electron chi connectivity index (χ0n) is 9.50. The highest BCUT2D eigenvalue weighted by Crippen LogP contribution is 2.29. The molecule has 1 aromatic rings. The lowest BCUT2D eigenvalue weighted by atomic mass is 10.2. The normalized spacial score (nSPS) is 12.8. The van der Waals surface area contributed by atoms with Gasteiger partial charge in [-0.3, -0.25) is 4.79 Å². The van der Waals surface area contributed by atoms with Gasteiger partial charge in [0.1, 0.15) is 5.03 Å². The number of aromatic nitrogens is 1. The second kappa shape index (κ2) is 8.16. The highest BCUT2D eigenvalue weighted by Gasteiger charge is 2.13. The lowest BCUT2D eigenvalue weighted by Gasteiger charge is -2.11. The minimum Gasteiger partial charge on any atom is -0.404 e. The molecule has 0 fully saturated rings. The maximum absolute atomic E-state index is 11.5. The molecule has 0 spiro atoms. The Morgan fingerprint density at radius 2 is 2.47 bits per heavy atom. The molecule has 1 atom stereocenters. The average molecular weight is 269 g/mol. The van der Waals surface area contributed by atoms with Crippen molar-refractivity contribution in [2.24, 2.45) is 5.73 Å². The maximum Gasteiger partial charge on any atom is 0.174 e. The molecular weight excluding hydrogens is 254 g/mol. The van der Waals surface area contributed by atoms with Gasteiger partial charge in [-0.25, -0.2) is 4.98 Å². The van der Waals surface area contributed by atoms with Gasteiger partial charge in [-0.05, 0) is 42.3 Å². The molecule has 0 radical (unpaired) electrons. The van der Waals surface area contributed by atoms with Crippen LogP contribution in [0.25, 0.3) is 0 Å². The molecule has 0 saturated heterocycles. The van der Waals surface area contributed by atoms with Gasteiger partial charge < -0.3 is 11.1 Å². The summed E-state index contributed by atoms with van der Waals surface area (Å²) in [6.45, 7) is 0. The van der Waals surface area contributed by atoms with Gasteiger partial charge in [0.15, 0.2) is 5.78 Å². The zero-order valence-corrected chi connectivity index (χ0v) is 11.1. The van der Waals surface area contributed by atoms with E-state index < -0.39 is 0 Å². The van der Waals surface area contributed by atoms with Gasteiger partial charge in [-0.1, -0.05) is 16.9 Å². The third-order valence-corrected chi connectivity index (χ3v) is 4.24. The molecule has 1 rings (SSSR count). The van der Waals surface area contributed by atoms with Crippen LogP contribution in [-0.4, -0.2) is 29.6 Å². The molecule has 92 valence electrons. The molecule has 0 aliphatic heterocycles. The van der Waals surface area contributed by atoms with Crippen molar-refractivity contribution in [2.75, 3.05) is 12.8 Å². The van der Waals surface area contributed by atoms with Crippen LogP contribution in [-0.2, 0) is 4.79 Å². The minimum absolute atomic E-state index is 0.0101. The molecule has 0 saturated carbocycles. The zero-order chi connectivity index (χ0) is 12.5. The summed E-state index contributed by atoms with van der Waals surface area (Å²) in [4.78, 5) is 15.7. The Labute approximate surface area is 109 Å². The highest BCUT2D eigenvalue weighted by atomic mass is 33.1. The first-order valence-electron chi connectivity index (χ1n) is 5.08. The van der Waals surface area contributed by atoms with E-state index in [1.807, 2.05) is 18.2 Å². The predicted molar refractivity (Wildman–Crippen MR) is 73.7 cm³/mol. The van der Waals surface area contributed by atoms with E-state index in [9.17, 15) is 4.79 Å². The Kier molecular flexibility index (Phi) is 6.76. The Bertz CT molecular complexity index is 370. The van der Waals surface area contributed by atoms with E-state index in [4.69, 9.17) is 5.73 Å². The van der Waals surface area contributed by atoms with E-state index in [1.54, 1.807) is 34.8 Å². The van der Waals surface area contributed by atoms with Crippen molar-refractivity contribution in [2.45, 2.75) is 11.1 Å². The third-order valence-electron chi connectivity index (χ3n) is 1.97. The number of nitrogens with zero attached hydrogens (tertiary/aromatic N) is 1. The fraction of sp³-hybridized carbons (Fsp3) is 0.273. The summed E-state index contributed by atoms with van der Waals surface area (Å²) in [7, 11) is 4.91. The first-order valence-corrected chi connectivity index (χ1v) is 7.39. The van der Waals surface area contributed by atoms with Crippen LogP contribution in [0.1, 0.15) is 0 Å². The van der Waals surface area contributed by atoms with Crippen molar-refractivity contribution in [1.29, 1.82) is 0 Å². The predicted octanol–water partition coefficient (Wildman–Crippen LogP) is 1.45. The first-order chi connectivity index (χ1) is 8.27. The number of carbonyl (C=O) groups excluding carboxylic acids is 1. The summed E-state index contributed by atoms with van der Waals surface area (Å²) in [5.74, 6) is 0.658. The summed E-state index contributed by atoms with van der Waals surface area (Å²) in [5, 5.41) is 3.90. The molecule has 17 heavy (non-hydrogen) atoms. The van der Waals surface area contributed by atoms with E-state index >= 15 is 0 Å². The molecule has 0 aliphatic carbocycles. The van der Waals surface area contributed by atoms with Gasteiger partial charge in [0.2, 0.25) is 0 Å². The van der Waals surface area contributed by atoms with E-state index in [-0.39, 0.29) is 11.8 Å². The average Bonchev–Trinajstić information content (AvgIpc) is 2.36. The van der Waals surface area contributed by atoms with Crippen molar-refractivity contribution in [1.82, 2.24) is 10.3 Å². The highest BCUT2D eigenvalue weighted by molar-refractivity contribution is 8.76. The fourth-order valence-electron chi connectivity index (χ4n) is 1.08. The van der Waals surface area contributed by atoms with E-state index in [2.05, 4.69) is 10.3 Å². The summed E-state index contributed by atoms with van der Waals surface area (Å²) in [6, 6.07) is 5.54. The summed E-state index contributed by atoms with van der Waals surface area (Å²) < 4.78 is 0. The SMILES string of the molecule is CNC(CSSc1ccccn1)C(=O)C=CN. The number of pyridine rings is 1. The van der Waals surface area contributed by atoms with Crippen LogP contribution in [0.15, 0.2) is 41.7 Å². The number of nitrogens with two attached hydrogens (primary N) is 1. The van der Waals surface area contributed by atoms with Crippen LogP contribution >= 0.6 is 21.6 Å². The molecule has 0 aliphatic rings. The van der Waals surface area contributed by atoms with Crippen LogP contribution in [0.3, 0.4) is 0 Å². The summed E-state index contributed by atoms with van der Waals surface area (Å²) >= 11 is 0. The molecule has 3 N–H and O–H groups in total. The summed E-state index contributed by atoms with van der Waals surface area (Å²) in [6.07, 6.45) is 4.40. The lowest BCUT2D eigenvalue weighted by Crippen LogP contribution is -2.35. The molecule has 1 unspecified atom stereocenters. The van der Waals surface area contributed by atoms with Gasteiger partial charge in [-0.15, -0.1) is 0 Å². The number of ketones is 1. The Morgan fingerprint density at radius 1 is 1.65 bits per heavy atom. The van der Waals surface area contributed by atoms with Gasteiger partial charge in [0, 0.05) is 11.9 Å².